The van der Waals surface area contributed by atoms with Crippen molar-refractivity contribution in [3.05, 3.63) is 0 Å². The Morgan fingerprint density at radius 1 is 1.24 bits per heavy atom. The van der Waals surface area contributed by atoms with E-state index in [-0.39, 0.29) is 30.5 Å². The second-order valence-corrected chi connectivity index (χ2v) is 12.0. The number of piperidine rings is 1. The Bertz CT molecular complexity index is 887. The van der Waals surface area contributed by atoms with Gasteiger partial charge in [0.2, 0.25) is 0 Å². The first-order valence-electron chi connectivity index (χ1n) is 12.8. The number of methoxy groups -OCH3 is 2. The first-order chi connectivity index (χ1) is 16.1. The molecule has 192 valence electrons. The van der Waals surface area contributed by atoms with E-state index in [1.807, 2.05) is 6.92 Å². The van der Waals surface area contributed by atoms with Crippen LogP contribution in [0.5, 0.6) is 0 Å². The van der Waals surface area contributed by atoms with Crippen LogP contribution in [0.2, 0.25) is 0 Å². The van der Waals surface area contributed by atoms with Gasteiger partial charge in [-0.05, 0) is 31.7 Å². The molecule has 0 aromatic heterocycles. The van der Waals surface area contributed by atoms with Crippen molar-refractivity contribution in [2.75, 3.05) is 33.9 Å². The summed E-state index contributed by atoms with van der Waals surface area (Å²) >= 11 is 0. The van der Waals surface area contributed by atoms with Crippen LogP contribution in [0.25, 0.3) is 0 Å². The van der Waals surface area contributed by atoms with Crippen LogP contribution in [0, 0.1) is 34.5 Å². The lowest BCUT2D eigenvalue weighted by Gasteiger charge is -2.70. The minimum absolute atomic E-state index is 0.0879. The second kappa shape index (κ2) is 7.15. The SMILES string of the molecule is CCN1C[C@]2(CO)CCC(O)[C@@]34[C@@H]5C[C@H]6[C@H](OC(C)=O)[C@@H]5[C@](OC)(C[C@@H]6OC)C(O)(C(O)[C@H]23)[C@H]14. The smallest absolute Gasteiger partial charge is 0.302 e. The number of hydrogen-bond acceptors (Lipinski definition) is 9. The summed E-state index contributed by atoms with van der Waals surface area (Å²) in [6.45, 7) is 4.48. The maximum Gasteiger partial charge on any atom is 0.302 e. The fraction of sp³-hybridized carbons (Fsp3) is 0.960. The monoisotopic (exact) mass is 481 g/mol. The summed E-state index contributed by atoms with van der Waals surface area (Å²) in [5.41, 5.74) is -4.42. The molecule has 7 bridgehead atoms. The normalized spacial score (nSPS) is 59.2. The molecular formula is C25H39NO8. The zero-order chi connectivity index (χ0) is 24.4. The van der Waals surface area contributed by atoms with Gasteiger partial charge >= 0.3 is 5.97 Å². The average Bonchev–Trinajstić information content (AvgIpc) is 3.18. The largest absolute Gasteiger partial charge is 0.462 e. The van der Waals surface area contributed by atoms with Gasteiger partial charge in [0.15, 0.2) is 0 Å². The van der Waals surface area contributed by atoms with Gasteiger partial charge in [0.1, 0.15) is 17.3 Å². The Hall–Kier alpha value is -0.810. The third-order valence-corrected chi connectivity index (χ3v) is 11.5. The number of hydrogen-bond donors (Lipinski definition) is 4. The van der Waals surface area contributed by atoms with Crippen LogP contribution in [0.3, 0.4) is 0 Å². The van der Waals surface area contributed by atoms with E-state index in [1.165, 1.54) is 6.92 Å². The molecule has 9 nitrogen and oxygen atoms in total. The van der Waals surface area contributed by atoms with Gasteiger partial charge in [-0.25, -0.2) is 0 Å². The number of aliphatic hydroxyl groups is 4. The highest BCUT2D eigenvalue weighted by Crippen LogP contribution is 2.80. The molecule has 6 fully saturated rings. The van der Waals surface area contributed by atoms with Crippen molar-refractivity contribution < 1.29 is 39.4 Å². The molecule has 6 aliphatic rings. The number of carbonyl (C=O) groups is 1. The Morgan fingerprint density at radius 2 is 1.97 bits per heavy atom. The second-order valence-electron chi connectivity index (χ2n) is 12.0. The third kappa shape index (κ3) is 2.18. The summed E-state index contributed by atoms with van der Waals surface area (Å²) in [7, 11) is 3.19. The summed E-state index contributed by atoms with van der Waals surface area (Å²) in [6, 6.07) is -0.534. The highest BCUT2D eigenvalue weighted by molar-refractivity contribution is 5.66. The lowest BCUT2D eigenvalue weighted by molar-refractivity contribution is -0.323. The Balaban J connectivity index is 1.66. The standard InChI is InChI=1S/C25H39NO8/c1-5-26-10-22(11-27)7-6-16(29)24-14-8-13-15(32-3)9-23(33-4,17(14)18(13)34-12(2)28)25(31,21(24)26)20(30)19(22)24/h13-21,27,29-31H,5-11H2,1-4H3/t13-,14-,15+,16?,17-,18+,19-,20?,21-,22+,23-,24+,25?/m1/s1. The molecule has 0 amide bonds. The van der Waals surface area contributed by atoms with Crippen molar-refractivity contribution in [1.29, 1.82) is 0 Å². The summed E-state index contributed by atoms with van der Waals surface area (Å²) in [5, 5.41) is 47.6. The molecule has 1 heterocycles. The number of esters is 1. The van der Waals surface area contributed by atoms with Crippen LogP contribution in [0.15, 0.2) is 0 Å². The van der Waals surface area contributed by atoms with E-state index in [0.29, 0.717) is 38.8 Å². The number of nitrogens with zero attached hydrogens (tertiary/aromatic N) is 1. The van der Waals surface area contributed by atoms with Crippen molar-refractivity contribution in [3.63, 3.8) is 0 Å². The zero-order valence-corrected chi connectivity index (χ0v) is 20.5. The molecule has 9 heteroatoms. The lowest BCUT2D eigenvalue weighted by Crippen LogP contribution is -2.82. The topological polar surface area (TPSA) is 129 Å². The predicted molar refractivity (Wildman–Crippen MR) is 118 cm³/mol. The maximum atomic E-state index is 12.9. The molecule has 13 atom stereocenters. The van der Waals surface area contributed by atoms with Crippen molar-refractivity contribution in [2.24, 2.45) is 34.5 Å². The number of fused-ring (bicyclic) bond motifs is 2. The van der Waals surface area contributed by atoms with Crippen molar-refractivity contribution in [1.82, 2.24) is 4.90 Å². The van der Waals surface area contributed by atoms with Gasteiger partial charge in [-0.1, -0.05) is 6.92 Å². The minimum atomic E-state index is -1.73. The molecule has 3 unspecified atom stereocenters. The Morgan fingerprint density at radius 3 is 2.56 bits per heavy atom. The van der Waals surface area contributed by atoms with E-state index in [2.05, 4.69) is 4.90 Å². The first kappa shape index (κ1) is 23.6. The number of ether oxygens (including phenoxy) is 3. The van der Waals surface area contributed by atoms with E-state index in [9.17, 15) is 25.2 Å². The summed E-state index contributed by atoms with van der Waals surface area (Å²) in [6.07, 6.45) is -0.698. The molecule has 0 aromatic carbocycles. The zero-order valence-electron chi connectivity index (χ0n) is 20.5. The van der Waals surface area contributed by atoms with Crippen molar-refractivity contribution >= 4 is 5.97 Å². The van der Waals surface area contributed by atoms with Gasteiger partial charge in [0, 0.05) is 62.7 Å². The number of aliphatic hydroxyl groups excluding tert-OH is 3. The number of likely N-dealkylation sites (tertiary alicyclic amines) is 1. The molecule has 0 aromatic rings. The van der Waals surface area contributed by atoms with Crippen LogP contribution in [-0.4, -0.2) is 107 Å². The molecule has 0 radical (unpaired) electrons. The quantitative estimate of drug-likeness (QED) is 0.385. The van der Waals surface area contributed by atoms with Gasteiger partial charge in [-0.3, -0.25) is 9.69 Å². The van der Waals surface area contributed by atoms with Crippen LogP contribution >= 0.6 is 0 Å². The Kier molecular flexibility index (Phi) is 4.96. The van der Waals surface area contributed by atoms with E-state index in [0.717, 1.165) is 0 Å². The molecule has 1 aliphatic heterocycles. The maximum absolute atomic E-state index is 12.9. The fourth-order valence-electron chi connectivity index (χ4n) is 10.8. The average molecular weight is 482 g/mol. The fourth-order valence-corrected chi connectivity index (χ4v) is 10.8. The molecule has 1 spiro atoms. The molecule has 5 saturated carbocycles. The summed E-state index contributed by atoms with van der Waals surface area (Å²) in [4.78, 5) is 14.4. The van der Waals surface area contributed by atoms with Gasteiger partial charge in [0.05, 0.1) is 31.0 Å². The van der Waals surface area contributed by atoms with E-state index in [4.69, 9.17) is 14.2 Å². The van der Waals surface area contributed by atoms with E-state index >= 15 is 0 Å². The van der Waals surface area contributed by atoms with Crippen LogP contribution in [0.4, 0.5) is 0 Å². The molecule has 1 saturated heterocycles. The lowest BCUT2D eigenvalue weighted by atomic mass is 9.42. The Labute approximate surface area is 200 Å². The number of carbonyl (C=O) groups excluding carboxylic acids is 1. The number of likely N-dealkylation sites (N-methyl/N-ethyl adjacent to an activating group) is 1. The molecular weight excluding hydrogens is 442 g/mol. The highest BCUT2D eigenvalue weighted by atomic mass is 16.6. The number of rotatable bonds is 5. The van der Waals surface area contributed by atoms with Gasteiger partial charge in [0.25, 0.3) is 0 Å². The molecule has 6 rings (SSSR count). The van der Waals surface area contributed by atoms with E-state index < -0.39 is 58.3 Å². The van der Waals surface area contributed by atoms with Gasteiger partial charge in [-0.15, -0.1) is 0 Å². The van der Waals surface area contributed by atoms with Crippen LogP contribution in [-0.2, 0) is 19.0 Å². The minimum Gasteiger partial charge on any atom is -0.462 e. The van der Waals surface area contributed by atoms with Gasteiger partial charge < -0.3 is 34.6 Å². The van der Waals surface area contributed by atoms with Crippen molar-refractivity contribution in [2.45, 2.75) is 81.2 Å². The summed E-state index contributed by atoms with van der Waals surface area (Å²) in [5.74, 6) is -1.52. The molecule has 5 aliphatic carbocycles. The van der Waals surface area contributed by atoms with Crippen molar-refractivity contribution in [3.8, 4) is 0 Å². The molecule has 34 heavy (non-hydrogen) atoms. The first-order valence-corrected chi connectivity index (χ1v) is 12.8. The third-order valence-electron chi connectivity index (χ3n) is 11.5. The van der Waals surface area contributed by atoms with Crippen LogP contribution < -0.4 is 0 Å². The van der Waals surface area contributed by atoms with Gasteiger partial charge in [-0.2, -0.15) is 0 Å². The summed E-state index contributed by atoms with van der Waals surface area (Å²) < 4.78 is 18.2. The molecule has 4 N–H and O–H groups in total. The van der Waals surface area contributed by atoms with E-state index in [1.54, 1.807) is 14.2 Å². The predicted octanol–water partition coefficient (Wildman–Crippen LogP) is -0.466. The highest BCUT2D eigenvalue weighted by Gasteiger charge is 2.91. The van der Waals surface area contributed by atoms with Crippen LogP contribution in [0.1, 0.15) is 39.5 Å².